The van der Waals surface area contributed by atoms with Gasteiger partial charge < -0.3 is 10.2 Å². The van der Waals surface area contributed by atoms with Crippen molar-refractivity contribution in [3.63, 3.8) is 0 Å². The number of aryl methyl sites for hydroxylation is 1. The van der Waals surface area contributed by atoms with E-state index < -0.39 is 0 Å². The smallest absolute Gasteiger partial charge is 0.227 e. The van der Waals surface area contributed by atoms with E-state index in [0.717, 1.165) is 37.1 Å². The van der Waals surface area contributed by atoms with Crippen LogP contribution < -0.4 is 5.32 Å². The van der Waals surface area contributed by atoms with Crippen LogP contribution in [-0.2, 0) is 16.0 Å². The molecule has 4 nitrogen and oxygen atoms in total. The number of carbonyl (C=O) groups is 2. The number of carbonyl (C=O) groups excluding carboxylic acids is 2. The Hall–Kier alpha value is -1.84. The fourth-order valence-electron chi connectivity index (χ4n) is 2.69. The lowest BCUT2D eigenvalue weighted by Gasteiger charge is -2.32. The molecule has 1 aliphatic heterocycles. The molecule has 1 aromatic carbocycles. The Morgan fingerprint density at radius 1 is 1.24 bits per heavy atom. The molecule has 0 aliphatic carbocycles. The molecule has 21 heavy (non-hydrogen) atoms. The van der Waals surface area contributed by atoms with Crippen LogP contribution >= 0.6 is 0 Å². The van der Waals surface area contributed by atoms with Gasteiger partial charge in [-0.25, -0.2) is 0 Å². The largest absolute Gasteiger partial charge is 0.353 e. The van der Waals surface area contributed by atoms with Gasteiger partial charge in [-0.3, -0.25) is 9.59 Å². The summed E-state index contributed by atoms with van der Waals surface area (Å²) in [5.74, 6) is 0.282. The highest BCUT2D eigenvalue weighted by molar-refractivity contribution is 5.79. The summed E-state index contributed by atoms with van der Waals surface area (Å²) in [6, 6.07) is 8.24. The van der Waals surface area contributed by atoms with Crippen LogP contribution in [0, 0.1) is 6.92 Å². The summed E-state index contributed by atoms with van der Waals surface area (Å²) in [7, 11) is 0. The van der Waals surface area contributed by atoms with Crippen molar-refractivity contribution in [1.29, 1.82) is 0 Å². The Labute approximate surface area is 126 Å². The molecule has 2 rings (SSSR count). The maximum atomic E-state index is 12.3. The van der Waals surface area contributed by atoms with Crippen LogP contribution in [0.25, 0.3) is 0 Å². The fraction of sp³-hybridized carbons (Fsp3) is 0.529. The van der Waals surface area contributed by atoms with Crippen molar-refractivity contribution in [2.45, 2.75) is 45.6 Å². The Kier molecular flexibility index (Phi) is 5.37. The fourth-order valence-corrected chi connectivity index (χ4v) is 2.69. The standard InChI is InChI=1S/C17H24N2O2/c1-3-16(20)18-15-8-10-19(11-9-15)17(21)12-14-7-5-4-6-13(14)2/h4-7,15H,3,8-12H2,1-2H3,(H,18,20). The number of amides is 2. The molecule has 2 amide bonds. The number of likely N-dealkylation sites (tertiary alicyclic amines) is 1. The lowest BCUT2D eigenvalue weighted by atomic mass is 10.0. The van der Waals surface area contributed by atoms with Crippen LogP contribution in [0.2, 0.25) is 0 Å². The molecule has 0 unspecified atom stereocenters. The molecule has 1 heterocycles. The van der Waals surface area contributed by atoms with Crippen molar-refractivity contribution < 1.29 is 9.59 Å². The lowest BCUT2D eigenvalue weighted by Crippen LogP contribution is -2.46. The summed E-state index contributed by atoms with van der Waals surface area (Å²) >= 11 is 0. The predicted octanol–water partition coefficient (Wildman–Crippen LogP) is 2.05. The predicted molar refractivity (Wildman–Crippen MR) is 82.9 cm³/mol. The van der Waals surface area contributed by atoms with E-state index in [1.165, 1.54) is 0 Å². The zero-order valence-electron chi connectivity index (χ0n) is 12.9. The first-order chi connectivity index (χ1) is 10.1. The van der Waals surface area contributed by atoms with Gasteiger partial charge in [0.15, 0.2) is 0 Å². The molecule has 0 bridgehead atoms. The summed E-state index contributed by atoms with van der Waals surface area (Å²) in [4.78, 5) is 25.6. The Balaban J connectivity index is 1.83. The summed E-state index contributed by atoms with van der Waals surface area (Å²) in [5, 5.41) is 3.01. The minimum Gasteiger partial charge on any atom is -0.353 e. The van der Waals surface area contributed by atoms with Crippen molar-refractivity contribution in [2.24, 2.45) is 0 Å². The Bertz CT molecular complexity index is 505. The zero-order chi connectivity index (χ0) is 15.2. The van der Waals surface area contributed by atoms with Crippen LogP contribution in [0.3, 0.4) is 0 Å². The van der Waals surface area contributed by atoms with Gasteiger partial charge in [-0.2, -0.15) is 0 Å². The molecule has 1 aromatic rings. The van der Waals surface area contributed by atoms with Crippen molar-refractivity contribution in [2.75, 3.05) is 13.1 Å². The third-order valence-electron chi connectivity index (χ3n) is 4.14. The summed E-state index contributed by atoms with van der Waals surface area (Å²) < 4.78 is 0. The number of piperidine rings is 1. The molecule has 4 heteroatoms. The van der Waals surface area contributed by atoms with E-state index in [1.54, 1.807) is 0 Å². The number of benzene rings is 1. The van der Waals surface area contributed by atoms with Crippen LogP contribution in [0.4, 0.5) is 0 Å². The summed E-state index contributed by atoms with van der Waals surface area (Å²) in [6.07, 6.45) is 2.70. The topological polar surface area (TPSA) is 49.4 Å². The maximum Gasteiger partial charge on any atom is 0.227 e. The molecule has 1 fully saturated rings. The van der Waals surface area contributed by atoms with Crippen LogP contribution in [0.1, 0.15) is 37.3 Å². The van der Waals surface area contributed by atoms with Gasteiger partial charge in [0.05, 0.1) is 6.42 Å². The average Bonchev–Trinajstić information content (AvgIpc) is 2.50. The third kappa shape index (κ3) is 4.31. The monoisotopic (exact) mass is 288 g/mol. The number of nitrogens with one attached hydrogen (secondary N) is 1. The second-order valence-electron chi connectivity index (χ2n) is 5.68. The van der Waals surface area contributed by atoms with Crippen LogP contribution in [-0.4, -0.2) is 35.8 Å². The van der Waals surface area contributed by atoms with Crippen LogP contribution in [0.5, 0.6) is 0 Å². The molecule has 1 N–H and O–H groups in total. The molecule has 0 atom stereocenters. The lowest BCUT2D eigenvalue weighted by molar-refractivity contribution is -0.131. The minimum absolute atomic E-state index is 0.0969. The highest BCUT2D eigenvalue weighted by atomic mass is 16.2. The molecule has 1 saturated heterocycles. The molecule has 0 spiro atoms. The first kappa shape index (κ1) is 15.5. The number of nitrogens with zero attached hydrogens (tertiary/aromatic N) is 1. The molecule has 0 aromatic heterocycles. The van der Waals surface area contributed by atoms with Gasteiger partial charge in [-0.1, -0.05) is 31.2 Å². The molecule has 114 valence electrons. The summed E-state index contributed by atoms with van der Waals surface area (Å²) in [6.45, 7) is 5.37. The van der Waals surface area contributed by atoms with Crippen molar-refractivity contribution in [3.8, 4) is 0 Å². The first-order valence-electron chi connectivity index (χ1n) is 7.71. The van der Waals surface area contributed by atoms with E-state index in [-0.39, 0.29) is 17.9 Å². The van der Waals surface area contributed by atoms with Gasteiger partial charge in [-0.05, 0) is 30.9 Å². The zero-order valence-corrected chi connectivity index (χ0v) is 12.9. The van der Waals surface area contributed by atoms with Gasteiger partial charge >= 0.3 is 0 Å². The Morgan fingerprint density at radius 2 is 1.90 bits per heavy atom. The second-order valence-corrected chi connectivity index (χ2v) is 5.68. The van der Waals surface area contributed by atoms with Gasteiger partial charge in [0.25, 0.3) is 0 Å². The number of rotatable bonds is 4. The van der Waals surface area contributed by atoms with E-state index in [2.05, 4.69) is 5.32 Å². The molecule has 0 saturated carbocycles. The molecular weight excluding hydrogens is 264 g/mol. The van der Waals surface area contributed by atoms with Gasteiger partial charge in [0, 0.05) is 25.6 Å². The minimum atomic E-state index is 0.0969. The molecular formula is C17H24N2O2. The Morgan fingerprint density at radius 3 is 2.52 bits per heavy atom. The number of hydrogen-bond acceptors (Lipinski definition) is 2. The van der Waals surface area contributed by atoms with E-state index in [4.69, 9.17) is 0 Å². The van der Waals surface area contributed by atoms with Gasteiger partial charge in [0.2, 0.25) is 11.8 Å². The molecule has 1 aliphatic rings. The second kappa shape index (κ2) is 7.25. The van der Waals surface area contributed by atoms with E-state index in [0.29, 0.717) is 12.8 Å². The maximum absolute atomic E-state index is 12.3. The quantitative estimate of drug-likeness (QED) is 0.922. The van der Waals surface area contributed by atoms with Gasteiger partial charge in [-0.15, -0.1) is 0 Å². The van der Waals surface area contributed by atoms with Crippen molar-refractivity contribution >= 4 is 11.8 Å². The van der Waals surface area contributed by atoms with Crippen LogP contribution in [0.15, 0.2) is 24.3 Å². The first-order valence-corrected chi connectivity index (χ1v) is 7.71. The van der Waals surface area contributed by atoms with E-state index >= 15 is 0 Å². The van der Waals surface area contributed by atoms with E-state index in [1.807, 2.05) is 43.0 Å². The normalized spacial score (nSPS) is 15.8. The van der Waals surface area contributed by atoms with Gasteiger partial charge in [0.1, 0.15) is 0 Å². The third-order valence-corrected chi connectivity index (χ3v) is 4.14. The van der Waals surface area contributed by atoms with E-state index in [9.17, 15) is 9.59 Å². The van der Waals surface area contributed by atoms with Crippen molar-refractivity contribution in [1.82, 2.24) is 10.2 Å². The van der Waals surface area contributed by atoms with Crippen molar-refractivity contribution in [3.05, 3.63) is 35.4 Å². The summed E-state index contributed by atoms with van der Waals surface area (Å²) in [5.41, 5.74) is 2.26. The SMILES string of the molecule is CCC(=O)NC1CCN(C(=O)Cc2ccccc2C)CC1. The number of hydrogen-bond donors (Lipinski definition) is 1. The highest BCUT2D eigenvalue weighted by Crippen LogP contribution is 2.14. The highest BCUT2D eigenvalue weighted by Gasteiger charge is 2.23. The average molecular weight is 288 g/mol. The molecule has 0 radical (unpaired) electrons.